The first-order valence-electron chi connectivity index (χ1n) is 12.1. The maximum atomic E-state index is 6.16. The molecule has 1 fully saturated rings. The Hall–Kier alpha value is -1.60. The van der Waals surface area contributed by atoms with Crippen molar-refractivity contribution < 1.29 is 4.74 Å². The number of hydrogen-bond donors (Lipinski definition) is 0. The molecule has 2 aromatic rings. The molecule has 29 heavy (non-hydrogen) atoms. The van der Waals surface area contributed by atoms with Gasteiger partial charge in [0.2, 0.25) is 0 Å². The van der Waals surface area contributed by atoms with Crippen molar-refractivity contribution in [2.24, 2.45) is 5.92 Å². The van der Waals surface area contributed by atoms with Gasteiger partial charge in [-0.25, -0.2) is 0 Å². The lowest BCUT2D eigenvalue weighted by Crippen LogP contribution is -2.20. The van der Waals surface area contributed by atoms with E-state index in [0.29, 0.717) is 0 Å². The SMILES string of the molecule is CCCCCCCCc1ccc(-c2ccc(C3CCC(CCC)CO3)cc2)cc1. The predicted octanol–water partition coefficient (Wildman–Crippen LogP) is 8.52. The van der Waals surface area contributed by atoms with E-state index >= 15 is 0 Å². The maximum absolute atomic E-state index is 6.16. The third-order valence-corrected chi connectivity index (χ3v) is 6.46. The van der Waals surface area contributed by atoms with Crippen LogP contribution in [0.25, 0.3) is 11.1 Å². The summed E-state index contributed by atoms with van der Waals surface area (Å²) in [6.45, 7) is 5.48. The molecular formula is C28H40O. The van der Waals surface area contributed by atoms with Crippen LogP contribution in [0.5, 0.6) is 0 Å². The van der Waals surface area contributed by atoms with Crippen LogP contribution in [0.2, 0.25) is 0 Å². The largest absolute Gasteiger partial charge is 0.373 e. The molecule has 0 saturated carbocycles. The number of hydrogen-bond acceptors (Lipinski definition) is 1. The molecule has 0 bridgehead atoms. The summed E-state index contributed by atoms with van der Waals surface area (Å²) in [5.74, 6) is 0.769. The van der Waals surface area contributed by atoms with Gasteiger partial charge in [0.15, 0.2) is 0 Å². The molecule has 158 valence electrons. The van der Waals surface area contributed by atoms with E-state index in [2.05, 4.69) is 62.4 Å². The number of ether oxygens (including phenoxy) is 1. The van der Waals surface area contributed by atoms with Crippen LogP contribution in [0.15, 0.2) is 48.5 Å². The van der Waals surface area contributed by atoms with Crippen molar-refractivity contribution in [3.05, 3.63) is 59.7 Å². The van der Waals surface area contributed by atoms with E-state index in [0.717, 1.165) is 18.9 Å². The van der Waals surface area contributed by atoms with Crippen molar-refractivity contribution >= 4 is 0 Å². The summed E-state index contributed by atoms with van der Waals surface area (Å²) in [6, 6.07) is 18.3. The summed E-state index contributed by atoms with van der Waals surface area (Å²) in [6.07, 6.45) is 14.7. The van der Waals surface area contributed by atoms with Gasteiger partial charge in [0.25, 0.3) is 0 Å². The molecule has 1 saturated heterocycles. The lowest BCUT2D eigenvalue weighted by Gasteiger charge is -2.29. The zero-order valence-corrected chi connectivity index (χ0v) is 18.7. The molecule has 0 aliphatic carbocycles. The second-order valence-electron chi connectivity index (χ2n) is 8.89. The fourth-order valence-electron chi connectivity index (χ4n) is 4.57. The molecule has 0 spiro atoms. The van der Waals surface area contributed by atoms with Crippen LogP contribution < -0.4 is 0 Å². The molecule has 2 atom stereocenters. The van der Waals surface area contributed by atoms with Crippen LogP contribution in [0.1, 0.15) is 95.3 Å². The molecule has 3 rings (SSSR count). The number of rotatable bonds is 11. The molecule has 1 nitrogen and oxygen atoms in total. The molecule has 1 heteroatoms. The van der Waals surface area contributed by atoms with Gasteiger partial charge < -0.3 is 4.74 Å². The highest BCUT2D eigenvalue weighted by Gasteiger charge is 2.22. The van der Waals surface area contributed by atoms with Gasteiger partial charge in [-0.15, -0.1) is 0 Å². The smallest absolute Gasteiger partial charge is 0.0825 e. The van der Waals surface area contributed by atoms with Gasteiger partial charge in [0, 0.05) is 0 Å². The van der Waals surface area contributed by atoms with E-state index in [-0.39, 0.29) is 6.10 Å². The fraction of sp³-hybridized carbons (Fsp3) is 0.571. The van der Waals surface area contributed by atoms with Crippen LogP contribution in [0.3, 0.4) is 0 Å². The van der Waals surface area contributed by atoms with E-state index in [1.54, 1.807) is 0 Å². The van der Waals surface area contributed by atoms with E-state index in [9.17, 15) is 0 Å². The topological polar surface area (TPSA) is 9.23 Å². The van der Waals surface area contributed by atoms with Gasteiger partial charge in [0.1, 0.15) is 0 Å². The fourth-order valence-corrected chi connectivity index (χ4v) is 4.57. The predicted molar refractivity (Wildman–Crippen MR) is 125 cm³/mol. The minimum Gasteiger partial charge on any atom is -0.373 e. The molecule has 1 heterocycles. The lowest BCUT2D eigenvalue weighted by molar-refractivity contribution is -0.0194. The molecule has 2 unspecified atom stereocenters. The second kappa shape index (κ2) is 12.2. The van der Waals surface area contributed by atoms with Crippen molar-refractivity contribution in [3.8, 4) is 11.1 Å². The van der Waals surface area contributed by atoms with Crippen molar-refractivity contribution in [1.29, 1.82) is 0 Å². The average molecular weight is 393 g/mol. The Morgan fingerprint density at radius 1 is 0.724 bits per heavy atom. The van der Waals surface area contributed by atoms with Crippen molar-refractivity contribution in [3.63, 3.8) is 0 Å². The molecule has 0 aromatic heterocycles. The Morgan fingerprint density at radius 2 is 1.38 bits per heavy atom. The minimum atomic E-state index is 0.289. The first kappa shape index (κ1) is 22.1. The highest BCUT2D eigenvalue weighted by atomic mass is 16.5. The maximum Gasteiger partial charge on any atom is 0.0825 e. The van der Waals surface area contributed by atoms with Gasteiger partial charge in [-0.2, -0.15) is 0 Å². The van der Waals surface area contributed by atoms with Crippen LogP contribution in [-0.4, -0.2) is 6.61 Å². The lowest BCUT2D eigenvalue weighted by atomic mass is 9.91. The quantitative estimate of drug-likeness (QED) is 0.348. The Labute approximate surface area is 178 Å². The van der Waals surface area contributed by atoms with E-state index in [1.165, 1.54) is 86.5 Å². The van der Waals surface area contributed by atoms with Crippen molar-refractivity contribution in [1.82, 2.24) is 0 Å². The Kier molecular flexibility index (Phi) is 9.28. The molecule has 2 aromatic carbocycles. The summed E-state index contributed by atoms with van der Waals surface area (Å²) in [5.41, 5.74) is 5.43. The molecule has 0 amide bonds. The number of unbranched alkanes of at least 4 members (excludes halogenated alkanes) is 5. The molecule has 1 aliphatic heterocycles. The summed E-state index contributed by atoms with van der Waals surface area (Å²) < 4.78 is 6.16. The van der Waals surface area contributed by atoms with E-state index < -0.39 is 0 Å². The number of aryl methyl sites for hydroxylation is 1. The molecule has 1 aliphatic rings. The summed E-state index contributed by atoms with van der Waals surface area (Å²) >= 11 is 0. The minimum absolute atomic E-state index is 0.289. The summed E-state index contributed by atoms with van der Waals surface area (Å²) in [7, 11) is 0. The first-order valence-corrected chi connectivity index (χ1v) is 12.1. The molecule has 0 radical (unpaired) electrons. The van der Waals surface area contributed by atoms with Crippen molar-refractivity contribution in [2.75, 3.05) is 6.61 Å². The highest BCUT2D eigenvalue weighted by Crippen LogP contribution is 2.33. The third-order valence-electron chi connectivity index (χ3n) is 6.46. The van der Waals surface area contributed by atoms with E-state index in [4.69, 9.17) is 4.74 Å². The average Bonchev–Trinajstić information content (AvgIpc) is 2.78. The van der Waals surface area contributed by atoms with Gasteiger partial charge in [-0.1, -0.05) is 101 Å². The van der Waals surface area contributed by atoms with Gasteiger partial charge in [-0.3, -0.25) is 0 Å². The monoisotopic (exact) mass is 392 g/mol. The Morgan fingerprint density at radius 3 is 2.00 bits per heavy atom. The normalized spacial score (nSPS) is 19.4. The highest BCUT2D eigenvalue weighted by molar-refractivity contribution is 5.64. The van der Waals surface area contributed by atoms with Crippen LogP contribution in [0.4, 0.5) is 0 Å². The van der Waals surface area contributed by atoms with Gasteiger partial charge in [-0.05, 0) is 60.3 Å². The number of benzene rings is 2. The van der Waals surface area contributed by atoms with Crippen LogP contribution >= 0.6 is 0 Å². The Balaban J connectivity index is 1.47. The second-order valence-corrected chi connectivity index (χ2v) is 8.89. The Bertz CT molecular complexity index is 677. The summed E-state index contributed by atoms with van der Waals surface area (Å²) in [5, 5.41) is 0. The van der Waals surface area contributed by atoms with Gasteiger partial charge in [0.05, 0.1) is 12.7 Å². The van der Waals surface area contributed by atoms with E-state index in [1.807, 2.05) is 0 Å². The molecular weight excluding hydrogens is 352 g/mol. The van der Waals surface area contributed by atoms with Crippen molar-refractivity contribution in [2.45, 2.75) is 90.6 Å². The zero-order chi connectivity index (χ0) is 20.3. The standard InChI is InChI=1S/C28H40O/c1-3-5-6-7-8-9-11-23-12-15-25(16-13-23)26-17-19-27(20-18-26)28-21-14-24(10-4-2)22-29-28/h12-13,15-20,24,28H,3-11,14,21-22H2,1-2H3. The van der Waals surface area contributed by atoms with Crippen LogP contribution in [0, 0.1) is 5.92 Å². The van der Waals surface area contributed by atoms with Gasteiger partial charge >= 0.3 is 0 Å². The van der Waals surface area contributed by atoms with Crippen LogP contribution in [-0.2, 0) is 11.2 Å². The summed E-state index contributed by atoms with van der Waals surface area (Å²) in [4.78, 5) is 0. The zero-order valence-electron chi connectivity index (χ0n) is 18.7. The third kappa shape index (κ3) is 7.00. The molecule has 0 N–H and O–H groups in total. The first-order chi connectivity index (χ1) is 14.3.